The lowest BCUT2D eigenvalue weighted by Crippen LogP contribution is -2.34. The van der Waals surface area contributed by atoms with Crippen LogP contribution in [-0.2, 0) is 6.42 Å². The zero-order valence-corrected chi connectivity index (χ0v) is 9.46. The van der Waals surface area contributed by atoms with E-state index < -0.39 is 8.07 Å². The van der Waals surface area contributed by atoms with Gasteiger partial charge in [0.1, 0.15) is 0 Å². The van der Waals surface area contributed by atoms with Crippen LogP contribution in [0.5, 0.6) is 0 Å². The molecule has 1 rings (SSSR count). The molecule has 1 aromatic heterocycles. The van der Waals surface area contributed by atoms with Gasteiger partial charge in [-0.15, -0.1) is 11.3 Å². The standard InChI is InChI=1S/C8H15NSSi/c1-5-7-9-6-8(10-7)11(2,3)4/h6H,5H2,1-4H3. The Morgan fingerprint density at radius 1 is 1.45 bits per heavy atom. The molecule has 0 bridgehead atoms. The molecule has 0 radical (unpaired) electrons. The predicted molar refractivity (Wildman–Crippen MR) is 54.5 cm³/mol. The quantitative estimate of drug-likeness (QED) is 0.644. The van der Waals surface area contributed by atoms with Gasteiger partial charge in [-0.25, -0.2) is 4.98 Å². The fraction of sp³-hybridized carbons (Fsp3) is 0.625. The summed E-state index contributed by atoms with van der Waals surface area (Å²) in [4.78, 5) is 4.35. The van der Waals surface area contributed by atoms with Crippen LogP contribution < -0.4 is 4.50 Å². The lowest BCUT2D eigenvalue weighted by Gasteiger charge is -2.11. The van der Waals surface area contributed by atoms with E-state index >= 15 is 0 Å². The highest BCUT2D eigenvalue weighted by Gasteiger charge is 2.18. The van der Waals surface area contributed by atoms with Crippen LogP contribution in [-0.4, -0.2) is 13.1 Å². The monoisotopic (exact) mass is 185 g/mol. The normalized spacial score (nSPS) is 12.0. The molecule has 1 nitrogen and oxygen atoms in total. The van der Waals surface area contributed by atoms with E-state index in [9.17, 15) is 0 Å². The van der Waals surface area contributed by atoms with E-state index in [0.29, 0.717) is 0 Å². The molecule has 0 aliphatic heterocycles. The van der Waals surface area contributed by atoms with Crippen molar-refractivity contribution in [3.8, 4) is 0 Å². The molecule has 0 aromatic carbocycles. The summed E-state index contributed by atoms with van der Waals surface area (Å²) in [5.41, 5.74) is 0. The molecule has 0 unspecified atom stereocenters. The third-order valence-electron chi connectivity index (χ3n) is 1.60. The minimum absolute atomic E-state index is 1.07. The summed E-state index contributed by atoms with van der Waals surface area (Å²) in [5, 5.41) is 1.28. The Bertz CT molecular complexity index is 236. The summed E-state index contributed by atoms with van der Waals surface area (Å²) >= 11 is 1.89. The van der Waals surface area contributed by atoms with Gasteiger partial charge in [0.25, 0.3) is 0 Å². The van der Waals surface area contributed by atoms with Crippen LogP contribution >= 0.6 is 11.3 Å². The van der Waals surface area contributed by atoms with Gasteiger partial charge in [0.05, 0.1) is 13.1 Å². The van der Waals surface area contributed by atoms with Crippen molar-refractivity contribution in [3.05, 3.63) is 11.2 Å². The molecule has 11 heavy (non-hydrogen) atoms. The average molecular weight is 185 g/mol. The van der Waals surface area contributed by atoms with Gasteiger partial charge in [-0.2, -0.15) is 0 Å². The number of aryl methyl sites for hydroxylation is 1. The average Bonchev–Trinajstić information content (AvgIpc) is 2.32. The summed E-state index contributed by atoms with van der Waals surface area (Å²) in [6.07, 6.45) is 3.14. The Labute approximate surface area is 73.5 Å². The molecule has 0 N–H and O–H groups in total. The molecular weight excluding hydrogens is 170 g/mol. The van der Waals surface area contributed by atoms with Crippen molar-refractivity contribution < 1.29 is 0 Å². The largest absolute Gasteiger partial charge is 0.250 e. The van der Waals surface area contributed by atoms with E-state index in [1.165, 1.54) is 9.51 Å². The molecule has 0 aliphatic rings. The van der Waals surface area contributed by atoms with Crippen molar-refractivity contribution >= 4 is 23.9 Å². The van der Waals surface area contributed by atoms with Crippen molar-refractivity contribution in [1.29, 1.82) is 0 Å². The van der Waals surface area contributed by atoms with Gasteiger partial charge in [-0.3, -0.25) is 0 Å². The third-order valence-corrected chi connectivity index (χ3v) is 6.30. The fourth-order valence-electron chi connectivity index (χ4n) is 0.820. The summed E-state index contributed by atoms with van der Waals surface area (Å²) < 4.78 is 1.52. The molecule has 0 fully saturated rings. The lowest BCUT2D eigenvalue weighted by molar-refractivity contribution is 1.09. The molecular formula is C8H15NSSi. The van der Waals surface area contributed by atoms with Crippen LogP contribution in [0.25, 0.3) is 0 Å². The van der Waals surface area contributed by atoms with Crippen molar-refractivity contribution in [2.45, 2.75) is 33.0 Å². The summed E-state index contributed by atoms with van der Waals surface area (Å²) in [6.45, 7) is 9.24. The number of hydrogen-bond donors (Lipinski definition) is 0. The van der Waals surface area contributed by atoms with Crippen LogP contribution in [0.3, 0.4) is 0 Å². The van der Waals surface area contributed by atoms with Crippen LogP contribution in [0.15, 0.2) is 6.20 Å². The molecule has 0 atom stereocenters. The maximum atomic E-state index is 4.35. The molecule has 0 saturated carbocycles. The predicted octanol–water partition coefficient (Wildman–Crippen LogP) is 2.25. The molecule has 3 heteroatoms. The number of aromatic nitrogens is 1. The zero-order chi connectivity index (χ0) is 8.48. The topological polar surface area (TPSA) is 12.9 Å². The second-order valence-corrected chi connectivity index (χ2v) is 10.2. The van der Waals surface area contributed by atoms with Gasteiger partial charge >= 0.3 is 0 Å². The second-order valence-electron chi connectivity index (χ2n) is 3.72. The van der Waals surface area contributed by atoms with E-state index in [0.717, 1.165) is 6.42 Å². The van der Waals surface area contributed by atoms with E-state index in [2.05, 4.69) is 37.7 Å². The maximum Gasteiger partial charge on any atom is 0.0925 e. The number of rotatable bonds is 2. The van der Waals surface area contributed by atoms with Crippen LogP contribution in [0.1, 0.15) is 11.9 Å². The van der Waals surface area contributed by atoms with E-state index in [1.54, 1.807) is 0 Å². The van der Waals surface area contributed by atoms with Gasteiger partial charge in [-0.1, -0.05) is 26.6 Å². The van der Waals surface area contributed by atoms with Gasteiger partial charge in [-0.05, 0) is 6.42 Å². The molecule has 0 amide bonds. The molecule has 0 aliphatic carbocycles. The maximum absolute atomic E-state index is 4.35. The smallest absolute Gasteiger partial charge is 0.0925 e. The molecule has 62 valence electrons. The van der Waals surface area contributed by atoms with Gasteiger partial charge in [0, 0.05) is 10.7 Å². The first-order valence-corrected chi connectivity index (χ1v) is 8.31. The van der Waals surface area contributed by atoms with Gasteiger partial charge < -0.3 is 0 Å². The van der Waals surface area contributed by atoms with Gasteiger partial charge in [0.15, 0.2) is 0 Å². The molecule has 0 spiro atoms. The van der Waals surface area contributed by atoms with E-state index in [4.69, 9.17) is 0 Å². The highest BCUT2D eigenvalue weighted by molar-refractivity contribution is 7.26. The van der Waals surface area contributed by atoms with Crippen molar-refractivity contribution in [2.24, 2.45) is 0 Å². The van der Waals surface area contributed by atoms with E-state index in [1.807, 2.05) is 11.3 Å². The Balaban J connectivity index is 2.89. The SMILES string of the molecule is CCc1ncc([Si](C)(C)C)s1. The molecule has 1 aromatic rings. The number of nitrogens with zero attached hydrogens (tertiary/aromatic N) is 1. The van der Waals surface area contributed by atoms with Crippen molar-refractivity contribution in [2.75, 3.05) is 0 Å². The minimum atomic E-state index is -1.07. The minimum Gasteiger partial charge on any atom is -0.250 e. The van der Waals surface area contributed by atoms with Crippen molar-refractivity contribution in [1.82, 2.24) is 4.98 Å². The van der Waals surface area contributed by atoms with Crippen molar-refractivity contribution in [3.63, 3.8) is 0 Å². The summed E-state index contributed by atoms with van der Waals surface area (Å²) in [5.74, 6) is 0. The Morgan fingerprint density at radius 2 is 2.09 bits per heavy atom. The first kappa shape index (κ1) is 8.94. The Morgan fingerprint density at radius 3 is 2.36 bits per heavy atom. The van der Waals surface area contributed by atoms with Crippen LogP contribution in [0.4, 0.5) is 0 Å². The first-order valence-electron chi connectivity index (χ1n) is 3.99. The highest BCUT2D eigenvalue weighted by Crippen LogP contribution is 2.10. The second kappa shape index (κ2) is 3.07. The third kappa shape index (κ3) is 2.14. The number of thiazole rings is 1. The van der Waals surface area contributed by atoms with Crippen LogP contribution in [0.2, 0.25) is 19.6 Å². The van der Waals surface area contributed by atoms with Crippen LogP contribution in [0, 0.1) is 0 Å². The Kier molecular flexibility index (Phi) is 2.49. The lowest BCUT2D eigenvalue weighted by atomic mass is 10.5. The fourth-order valence-corrected chi connectivity index (χ4v) is 3.46. The van der Waals surface area contributed by atoms with E-state index in [-0.39, 0.29) is 0 Å². The van der Waals surface area contributed by atoms with Gasteiger partial charge in [0.2, 0.25) is 0 Å². The highest BCUT2D eigenvalue weighted by atomic mass is 32.1. The zero-order valence-electron chi connectivity index (χ0n) is 7.64. The number of hydrogen-bond acceptors (Lipinski definition) is 2. The Hall–Kier alpha value is -0.153. The summed E-state index contributed by atoms with van der Waals surface area (Å²) in [6, 6.07) is 0. The summed E-state index contributed by atoms with van der Waals surface area (Å²) in [7, 11) is -1.07. The molecule has 0 saturated heterocycles. The first-order chi connectivity index (χ1) is 5.04. The molecule has 1 heterocycles.